The van der Waals surface area contributed by atoms with E-state index in [0.29, 0.717) is 12.8 Å². The molecule has 2 saturated carbocycles. The molecule has 0 aromatic rings. The number of Topliss-reactive ketones (excluding diaryl/α,β-unsaturated/α-hetero) is 1. The summed E-state index contributed by atoms with van der Waals surface area (Å²) in [6.45, 7) is 10.4. The zero-order valence-electron chi connectivity index (χ0n) is 11.7. The summed E-state index contributed by atoms with van der Waals surface area (Å²) in [5.74, 6) is 0.257. The van der Waals surface area contributed by atoms with Gasteiger partial charge in [0.05, 0.1) is 5.60 Å². The van der Waals surface area contributed by atoms with Crippen LogP contribution in [0, 0.1) is 12.8 Å². The zero-order valence-corrected chi connectivity index (χ0v) is 13.5. The Bertz CT molecular complexity index is 352. The Balaban J connectivity index is 2.32. The predicted octanol–water partition coefficient (Wildman–Crippen LogP) is 3.94. The number of rotatable bonds is 4. The van der Waals surface area contributed by atoms with Crippen LogP contribution in [-0.4, -0.2) is 24.6 Å². The molecule has 2 fully saturated rings. The fourth-order valence-electron chi connectivity index (χ4n) is 3.70. The summed E-state index contributed by atoms with van der Waals surface area (Å²) >= 11 is 6.70. The van der Waals surface area contributed by atoms with Gasteiger partial charge < -0.3 is 4.43 Å². The molecule has 1 radical (unpaired) electrons. The summed E-state index contributed by atoms with van der Waals surface area (Å²) in [4.78, 5) is 11.6. The van der Waals surface area contributed by atoms with Crippen molar-refractivity contribution in [1.29, 1.82) is 0 Å². The average Bonchev–Trinajstić information content (AvgIpc) is 2.27. The molecule has 0 aliphatic heterocycles. The van der Waals surface area contributed by atoms with E-state index in [1.165, 1.54) is 0 Å². The quantitative estimate of drug-likeness (QED) is 0.578. The van der Waals surface area contributed by atoms with Gasteiger partial charge in [0.25, 0.3) is 0 Å². The second-order valence-electron chi connectivity index (χ2n) is 6.67. The molecule has 2 aliphatic rings. The first-order chi connectivity index (χ1) is 8.27. The maximum absolute atomic E-state index is 12.4. The summed E-state index contributed by atoms with van der Waals surface area (Å²) in [5, 5.41) is 0. The van der Waals surface area contributed by atoms with Crippen molar-refractivity contribution in [2.24, 2.45) is 5.92 Å². The van der Waals surface area contributed by atoms with E-state index in [1.54, 1.807) is 0 Å². The third kappa shape index (κ3) is 1.99. The minimum Gasteiger partial charge on any atom is -0.409 e. The second kappa shape index (κ2) is 4.60. The summed E-state index contributed by atoms with van der Waals surface area (Å²) in [6, 6.07) is 0. The molecule has 0 aromatic carbocycles. The Morgan fingerprint density at radius 3 is 2.67 bits per heavy atom. The first kappa shape index (κ1) is 14.5. The van der Waals surface area contributed by atoms with Crippen LogP contribution >= 0.6 is 11.6 Å². The number of hydrogen-bond donors (Lipinski definition) is 0. The molecule has 0 spiro atoms. The lowest BCUT2D eigenvalue weighted by molar-refractivity contribution is -0.174. The van der Waals surface area contributed by atoms with Crippen molar-refractivity contribution < 1.29 is 9.22 Å². The third-order valence-corrected chi connectivity index (χ3v) is 5.91. The number of fused-ring (bicyclic) bond motifs is 1. The largest absolute Gasteiger partial charge is 0.409 e. The van der Waals surface area contributed by atoms with E-state index in [1.807, 2.05) is 0 Å². The van der Waals surface area contributed by atoms with Crippen LogP contribution in [0.4, 0.5) is 0 Å². The van der Waals surface area contributed by atoms with E-state index in [4.69, 9.17) is 16.0 Å². The molecular weight excluding hydrogens is 264 g/mol. The molecule has 0 amide bonds. The standard InChI is InChI=1S/C14H24ClO2Si/c1-5-9-13(15)12(16)11-8-6-7-10-14(11,13)17-18(2,3)4/h11H,1,5-10H2,2-4H3/t11?,13-,14-/m1/s1. The van der Waals surface area contributed by atoms with E-state index in [9.17, 15) is 4.79 Å². The fourth-order valence-corrected chi connectivity index (χ4v) is 5.80. The van der Waals surface area contributed by atoms with Crippen LogP contribution in [0.1, 0.15) is 38.5 Å². The van der Waals surface area contributed by atoms with E-state index in [-0.39, 0.29) is 17.3 Å². The van der Waals surface area contributed by atoms with E-state index in [0.717, 1.165) is 25.7 Å². The van der Waals surface area contributed by atoms with Gasteiger partial charge in [-0.2, -0.15) is 0 Å². The molecule has 4 heteroatoms. The van der Waals surface area contributed by atoms with Crippen LogP contribution in [0.15, 0.2) is 0 Å². The third-order valence-electron chi connectivity index (χ3n) is 4.24. The van der Waals surface area contributed by atoms with Gasteiger partial charge >= 0.3 is 0 Å². The number of alkyl halides is 1. The van der Waals surface area contributed by atoms with Gasteiger partial charge in [-0.25, -0.2) is 0 Å². The van der Waals surface area contributed by atoms with Gasteiger partial charge in [-0.15, -0.1) is 11.6 Å². The zero-order chi connectivity index (χ0) is 13.6. The highest BCUT2D eigenvalue weighted by atomic mass is 35.5. The smallest absolute Gasteiger partial charge is 0.184 e. The minimum absolute atomic E-state index is 0.0435. The Morgan fingerprint density at radius 2 is 2.11 bits per heavy atom. The minimum atomic E-state index is -1.71. The molecule has 0 saturated heterocycles. The molecule has 0 heterocycles. The molecule has 0 bridgehead atoms. The van der Waals surface area contributed by atoms with Crippen molar-refractivity contribution in [3.05, 3.63) is 6.92 Å². The molecule has 0 aromatic heterocycles. The average molecular weight is 288 g/mol. The van der Waals surface area contributed by atoms with Crippen molar-refractivity contribution in [3.8, 4) is 0 Å². The lowest BCUT2D eigenvalue weighted by Gasteiger charge is -2.63. The topological polar surface area (TPSA) is 26.3 Å². The Morgan fingerprint density at radius 1 is 1.44 bits per heavy atom. The number of ketones is 1. The van der Waals surface area contributed by atoms with Gasteiger partial charge in [0.2, 0.25) is 0 Å². The summed E-state index contributed by atoms with van der Waals surface area (Å²) in [7, 11) is -1.71. The first-order valence-electron chi connectivity index (χ1n) is 6.99. The number of hydrogen-bond acceptors (Lipinski definition) is 2. The molecule has 2 nitrogen and oxygen atoms in total. The number of carbonyl (C=O) groups excluding carboxylic acids is 1. The summed E-state index contributed by atoms with van der Waals surface area (Å²) < 4.78 is 6.46. The first-order valence-corrected chi connectivity index (χ1v) is 10.8. The van der Waals surface area contributed by atoms with E-state index < -0.39 is 13.2 Å². The highest BCUT2D eigenvalue weighted by Crippen LogP contribution is 2.60. The SMILES string of the molecule is [CH2]CC[C@@]1(Cl)C(=O)C2CCCC[C@@]21O[Si](C)(C)C. The van der Waals surface area contributed by atoms with Crippen molar-refractivity contribution in [1.82, 2.24) is 0 Å². The summed E-state index contributed by atoms with van der Waals surface area (Å²) in [6.07, 6.45) is 5.49. The fraction of sp³-hybridized carbons (Fsp3) is 0.857. The van der Waals surface area contributed by atoms with Crippen LogP contribution < -0.4 is 0 Å². The summed E-state index contributed by atoms with van der Waals surface area (Å²) in [5.41, 5.74) is -0.383. The van der Waals surface area contributed by atoms with Crippen LogP contribution in [0.5, 0.6) is 0 Å². The number of carbonyl (C=O) groups is 1. The van der Waals surface area contributed by atoms with Crippen molar-refractivity contribution in [3.63, 3.8) is 0 Å². The molecule has 0 N–H and O–H groups in total. The predicted molar refractivity (Wildman–Crippen MR) is 77.3 cm³/mol. The molecule has 1 unspecified atom stereocenters. The van der Waals surface area contributed by atoms with Gasteiger partial charge in [-0.3, -0.25) is 4.79 Å². The van der Waals surface area contributed by atoms with Gasteiger partial charge in [-0.05, 0) is 38.9 Å². The van der Waals surface area contributed by atoms with E-state index in [2.05, 4.69) is 26.6 Å². The molecule has 2 aliphatic carbocycles. The van der Waals surface area contributed by atoms with Crippen molar-refractivity contribution in [2.45, 2.75) is 68.6 Å². The van der Waals surface area contributed by atoms with Crippen LogP contribution in [-0.2, 0) is 9.22 Å². The van der Waals surface area contributed by atoms with Gasteiger partial charge in [0.1, 0.15) is 4.87 Å². The maximum atomic E-state index is 12.4. The van der Waals surface area contributed by atoms with Crippen LogP contribution in [0.3, 0.4) is 0 Å². The highest BCUT2D eigenvalue weighted by Gasteiger charge is 2.72. The van der Waals surface area contributed by atoms with Crippen LogP contribution in [0.2, 0.25) is 19.6 Å². The van der Waals surface area contributed by atoms with Gasteiger partial charge in [0.15, 0.2) is 14.1 Å². The molecular formula is C14H24ClO2Si. The van der Waals surface area contributed by atoms with Crippen molar-refractivity contribution >= 4 is 25.7 Å². The highest BCUT2D eigenvalue weighted by molar-refractivity contribution is 6.70. The van der Waals surface area contributed by atoms with Crippen molar-refractivity contribution in [2.75, 3.05) is 0 Å². The lowest BCUT2D eigenvalue weighted by Crippen LogP contribution is -2.77. The molecule has 3 atom stereocenters. The Labute approximate surface area is 117 Å². The lowest BCUT2D eigenvalue weighted by atomic mass is 9.52. The Kier molecular flexibility index (Phi) is 3.72. The molecule has 18 heavy (non-hydrogen) atoms. The monoisotopic (exact) mass is 287 g/mol. The van der Waals surface area contributed by atoms with Crippen LogP contribution in [0.25, 0.3) is 0 Å². The molecule has 2 rings (SSSR count). The molecule has 103 valence electrons. The second-order valence-corrected chi connectivity index (χ2v) is 11.7. The number of halogens is 1. The maximum Gasteiger partial charge on any atom is 0.184 e. The van der Waals surface area contributed by atoms with Gasteiger partial charge in [0, 0.05) is 5.92 Å². The van der Waals surface area contributed by atoms with E-state index >= 15 is 0 Å². The Hall–Kier alpha value is 0.137. The normalized spacial score (nSPS) is 40.3. The van der Waals surface area contributed by atoms with Gasteiger partial charge in [-0.1, -0.05) is 26.2 Å².